The van der Waals surface area contributed by atoms with E-state index >= 15 is 0 Å². The first-order chi connectivity index (χ1) is 12.2. The Morgan fingerprint density at radius 2 is 2.00 bits per heavy atom. The van der Waals surface area contributed by atoms with Crippen LogP contribution in [-0.2, 0) is 0 Å². The predicted octanol–water partition coefficient (Wildman–Crippen LogP) is 1.95. The highest BCUT2D eigenvalue weighted by molar-refractivity contribution is 5.95. The average Bonchev–Trinajstić information content (AvgIpc) is 3.15. The Labute approximate surface area is 146 Å². The second-order valence-electron chi connectivity index (χ2n) is 6.28. The number of carbonyl (C=O) groups is 1. The van der Waals surface area contributed by atoms with Crippen LogP contribution in [0, 0.1) is 0 Å². The monoisotopic (exact) mass is 340 g/mol. The minimum atomic E-state index is 0.0407. The molecular weight excluding hydrogens is 320 g/mol. The molecule has 0 radical (unpaired) electrons. The van der Waals surface area contributed by atoms with Crippen LogP contribution in [0.2, 0.25) is 0 Å². The smallest absolute Gasteiger partial charge is 0.253 e. The van der Waals surface area contributed by atoms with E-state index in [-0.39, 0.29) is 12.7 Å². The minimum Gasteiger partial charge on any atom is -0.454 e. The van der Waals surface area contributed by atoms with Gasteiger partial charge in [-0.3, -0.25) is 4.79 Å². The van der Waals surface area contributed by atoms with Crippen LogP contribution in [0.5, 0.6) is 11.5 Å². The second-order valence-corrected chi connectivity index (χ2v) is 6.28. The molecule has 0 spiro atoms. The van der Waals surface area contributed by atoms with E-state index < -0.39 is 0 Å². The quantitative estimate of drug-likeness (QED) is 0.851. The number of hydrogen-bond donors (Lipinski definition) is 0. The van der Waals surface area contributed by atoms with Crippen LogP contribution in [0.4, 0.5) is 5.82 Å². The molecule has 3 heterocycles. The molecule has 0 unspecified atom stereocenters. The van der Waals surface area contributed by atoms with Crippen molar-refractivity contribution < 1.29 is 14.3 Å². The fourth-order valence-corrected chi connectivity index (χ4v) is 3.34. The molecule has 130 valence electrons. The van der Waals surface area contributed by atoms with E-state index in [1.54, 1.807) is 24.4 Å². The molecule has 2 aliphatic rings. The van der Waals surface area contributed by atoms with Crippen molar-refractivity contribution in [3.8, 4) is 11.5 Å². The fraction of sp³-hybridized carbons (Fsp3) is 0.389. The number of benzene rings is 1. The minimum absolute atomic E-state index is 0.0407. The van der Waals surface area contributed by atoms with Gasteiger partial charge in [-0.15, -0.1) is 5.10 Å². The predicted molar refractivity (Wildman–Crippen MR) is 91.9 cm³/mol. The Kier molecular flexibility index (Phi) is 4.13. The number of piperidine rings is 1. The van der Waals surface area contributed by atoms with Crippen molar-refractivity contribution in [3.63, 3.8) is 0 Å². The third-order valence-corrected chi connectivity index (χ3v) is 4.84. The zero-order valence-corrected chi connectivity index (χ0v) is 14.1. The van der Waals surface area contributed by atoms with Gasteiger partial charge in [0.2, 0.25) is 6.79 Å². The zero-order valence-electron chi connectivity index (χ0n) is 14.1. The van der Waals surface area contributed by atoms with Crippen LogP contribution >= 0.6 is 0 Å². The van der Waals surface area contributed by atoms with Crippen LogP contribution in [-0.4, -0.2) is 54.0 Å². The standard InChI is InChI=1S/C18H20N4O3/c1-21(17-3-2-8-19-20-17)14-6-9-22(10-7-14)18(23)13-4-5-15-16(11-13)25-12-24-15/h2-5,8,11,14H,6-7,9-10,12H2,1H3. The summed E-state index contributed by atoms with van der Waals surface area (Å²) >= 11 is 0. The topological polar surface area (TPSA) is 67.8 Å². The van der Waals surface area contributed by atoms with Crippen LogP contribution in [0.25, 0.3) is 0 Å². The third kappa shape index (κ3) is 3.09. The normalized spacial score (nSPS) is 16.8. The van der Waals surface area contributed by atoms with Crippen molar-refractivity contribution in [2.24, 2.45) is 0 Å². The molecule has 2 aromatic rings. The van der Waals surface area contributed by atoms with Gasteiger partial charge in [-0.1, -0.05) is 0 Å². The maximum absolute atomic E-state index is 12.7. The molecule has 1 aromatic heterocycles. The summed E-state index contributed by atoms with van der Waals surface area (Å²) in [6.07, 6.45) is 3.48. The molecule has 1 fully saturated rings. The van der Waals surface area contributed by atoms with Crippen LogP contribution in [0.15, 0.2) is 36.5 Å². The number of amides is 1. The number of anilines is 1. The summed E-state index contributed by atoms with van der Waals surface area (Å²) in [4.78, 5) is 16.8. The lowest BCUT2D eigenvalue weighted by Crippen LogP contribution is -2.45. The van der Waals surface area contributed by atoms with E-state index in [0.717, 1.165) is 31.7 Å². The van der Waals surface area contributed by atoms with Gasteiger partial charge in [0, 0.05) is 37.9 Å². The molecule has 0 saturated carbocycles. The van der Waals surface area contributed by atoms with E-state index in [1.165, 1.54) is 0 Å². The Bertz CT molecular complexity index is 760. The summed E-state index contributed by atoms with van der Waals surface area (Å²) in [5.74, 6) is 2.24. The lowest BCUT2D eigenvalue weighted by molar-refractivity contribution is 0.0712. The number of likely N-dealkylation sites (tertiary alicyclic amines) is 1. The number of carbonyl (C=O) groups excluding carboxylic acids is 1. The zero-order chi connectivity index (χ0) is 17.2. The van der Waals surface area contributed by atoms with E-state index in [1.807, 2.05) is 24.1 Å². The number of aromatic nitrogens is 2. The molecule has 0 bridgehead atoms. The lowest BCUT2D eigenvalue weighted by Gasteiger charge is -2.37. The number of nitrogens with zero attached hydrogens (tertiary/aromatic N) is 4. The molecule has 1 saturated heterocycles. The van der Waals surface area contributed by atoms with Crippen LogP contribution in [0.1, 0.15) is 23.2 Å². The maximum Gasteiger partial charge on any atom is 0.253 e. The molecule has 1 amide bonds. The molecule has 7 nitrogen and oxygen atoms in total. The van der Waals surface area contributed by atoms with Gasteiger partial charge in [0.15, 0.2) is 17.3 Å². The first-order valence-corrected chi connectivity index (χ1v) is 8.42. The van der Waals surface area contributed by atoms with Crippen molar-refractivity contribution in [2.45, 2.75) is 18.9 Å². The van der Waals surface area contributed by atoms with Crippen molar-refractivity contribution >= 4 is 11.7 Å². The molecule has 4 rings (SSSR count). The van der Waals surface area contributed by atoms with E-state index in [9.17, 15) is 4.79 Å². The summed E-state index contributed by atoms with van der Waals surface area (Å²) in [6.45, 7) is 1.66. The molecule has 7 heteroatoms. The van der Waals surface area contributed by atoms with Crippen molar-refractivity contribution in [3.05, 3.63) is 42.1 Å². The number of ether oxygens (including phenoxy) is 2. The number of hydrogen-bond acceptors (Lipinski definition) is 6. The molecule has 25 heavy (non-hydrogen) atoms. The molecule has 0 aliphatic carbocycles. The third-order valence-electron chi connectivity index (χ3n) is 4.84. The van der Waals surface area contributed by atoms with Crippen molar-refractivity contribution in [1.82, 2.24) is 15.1 Å². The summed E-state index contributed by atoms with van der Waals surface area (Å²) in [7, 11) is 2.03. The molecule has 2 aliphatic heterocycles. The van der Waals surface area contributed by atoms with Crippen LogP contribution in [0.3, 0.4) is 0 Å². The van der Waals surface area contributed by atoms with E-state index in [2.05, 4.69) is 15.1 Å². The first-order valence-electron chi connectivity index (χ1n) is 8.42. The lowest BCUT2D eigenvalue weighted by atomic mass is 10.0. The average molecular weight is 340 g/mol. The first kappa shape index (κ1) is 15.7. The summed E-state index contributed by atoms with van der Waals surface area (Å²) in [5.41, 5.74) is 0.644. The summed E-state index contributed by atoms with van der Waals surface area (Å²) in [5, 5.41) is 8.09. The summed E-state index contributed by atoms with van der Waals surface area (Å²) in [6, 6.07) is 9.56. The molecular formula is C18H20N4O3. The van der Waals surface area contributed by atoms with Gasteiger partial charge in [0.25, 0.3) is 5.91 Å². The molecule has 0 N–H and O–H groups in total. The Morgan fingerprint density at radius 1 is 1.20 bits per heavy atom. The Balaban J connectivity index is 1.39. The summed E-state index contributed by atoms with van der Waals surface area (Å²) < 4.78 is 10.7. The maximum atomic E-state index is 12.7. The SMILES string of the molecule is CN(c1cccnn1)C1CCN(C(=O)c2ccc3c(c2)OCO3)CC1. The number of rotatable bonds is 3. The van der Waals surface area contributed by atoms with Crippen molar-refractivity contribution in [2.75, 3.05) is 31.8 Å². The van der Waals surface area contributed by atoms with Gasteiger partial charge in [-0.25, -0.2) is 0 Å². The Hall–Kier alpha value is -2.83. The van der Waals surface area contributed by atoms with Gasteiger partial charge in [-0.05, 0) is 43.2 Å². The van der Waals surface area contributed by atoms with Gasteiger partial charge in [-0.2, -0.15) is 5.10 Å². The highest BCUT2D eigenvalue weighted by Crippen LogP contribution is 2.33. The largest absolute Gasteiger partial charge is 0.454 e. The fourth-order valence-electron chi connectivity index (χ4n) is 3.34. The van der Waals surface area contributed by atoms with Gasteiger partial charge >= 0.3 is 0 Å². The van der Waals surface area contributed by atoms with Gasteiger partial charge in [0.1, 0.15) is 0 Å². The van der Waals surface area contributed by atoms with Crippen LogP contribution < -0.4 is 14.4 Å². The van der Waals surface area contributed by atoms with Crippen molar-refractivity contribution in [1.29, 1.82) is 0 Å². The highest BCUT2D eigenvalue weighted by atomic mass is 16.7. The van der Waals surface area contributed by atoms with Gasteiger partial charge in [0.05, 0.1) is 0 Å². The second kappa shape index (κ2) is 6.58. The van der Waals surface area contributed by atoms with Gasteiger partial charge < -0.3 is 19.3 Å². The Morgan fingerprint density at radius 3 is 2.76 bits per heavy atom. The molecule has 0 atom stereocenters. The van der Waals surface area contributed by atoms with E-state index in [4.69, 9.17) is 9.47 Å². The molecule has 1 aromatic carbocycles. The van der Waals surface area contributed by atoms with E-state index in [0.29, 0.717) is 23.1 Å². The highest BCUT2D eigenvalue weighted by Gasteiger charge is 2.27. The number of fused-ring (bicyclic) bond motifs is 1.